The minimum absolute atomic E-state index is 0.568. The van der Waals surface area contributed by atoms with E-state index in [4.69, 9.17) is 0 Å². The summed E-state index contributed by atoms with van der Waals surface area (Å²) in [5.74, 6) is 0. The lowest BCUT2D eigenvalue weighted by atomic mass is 9.66. The van der Waals surface area contributed by atoms with Crippen LogP contribution in [0.1, 0.15) is 22.3 Å². The predicted octanol–water partition coefficient (Wildman–Crippen LogP) is 15.2. The second-order valence-electron chi connectivity index (χ2n) is 15.3. The average Bonchev–Trinajstić information content (AvgIpc) is 3.62. The Bertz CT molecular complexity index is 3040. The SMILES string of the molecule is c1ccc(-c2ccc(N(c3ccc4c(c3)-c3c(-c5ccccc5)cc5ccccc5c3C4(c3ccccc3)c3ccccc3)c3ccc4ccccc4c3)cc2)cc1. The van der Waals surface area contributed by atoms with E-state index in [1.807, 2.05) is 0 Å². The van der Waals surface area contributed by atoms with Gasteiger partial charge in [-0.25, -0.2) is 0 Å². The van der Waals surface area contributed by atoms with E-state index in [-0.39, 0.29) is 0 Å². The molecule has 10 aromatic carbocycles. The maximum atomic E-state index is 2.46. The van der Waals surface area contributed by atoms with E-state index < -0.39 is 5.41 Å². The molecule has 0 saturated carbocycles. The number of fused-ring (bicyclic) bond motifs is 6. The molecule has 0 saturated heterocycles. The Morgan fingerprint density at radius 2 is 0.810 bits per heavy atom. The van der Waals surface area contributed by atoms with Crippen LogP contribution in [0.5, 0.6) is 0 Å². The number of rotatable bonds is 7. The fraction of sp³-hybridized carbons (Fsp3) is 0.0175. The fourth-order valence-corrected chi connectivity index (χ4v) is 9.54. The molecule has 0 amide bonds. The Morgan fingerprint density at radius 1 is 0.310 bits per heavy atom. The first-order valence-electron chi connectivity index (χ1n) is 20.1. The van der Waals surface area contributed by atoms with E-state index in [0.29, 0.717) is 0 Å². The van der Waals surface area contributed by atoms with Crippen molar-refractivity contribution in [2.75, 3.05) is 4.90 Å². The smallest absolute Gasteiger partial charge is 0.0719 e. The molecular weight excluding hydrogens is 699 g/mol. The first-order valence-corrected chi connectivity index (χ1v) is 20.1. The van der Waals surface area contributed by atoms with Crippen LogP contribution in [0.15, 0.2) is 237 Å². The van der Waals surface area contributed by atoms with Crippen LogP contribution in [-0.2, 0) is 5.41 Å². The number of hydrogen-bond acceptors (Lipinski definition) is 1. The van der Waals surface area contributed by atoms with Crippen molar-refractivity contribution < 1.29 is 0 Å². The molecule has 1 nitrogen and oxygen atoms in total. The van der Waals surface area contributed by atoms with Gasteiger partial charge >= 0.3 is 0 Å². The van der Waals surface area contributed by atoms with Crippen molar-refractivity contribution in [3.63, 3.8) is 0 Å². The van der Waals surface area contributed by atoms with Crippen molar-refractivity contribution in [1.29, 1.82) is 0 Å². The zero-order valence-corrected chi connectivity index (χ0v) is 32.0. The van der Waals surface area contributed by atoms with Crippen LogP contribution >= 0.6 is 0 Å². The molecule has 272 valence electrons. The van der Waals surface area contributed by atoms with Gasteiger partial charge in [0.15, 0.2) is 0 Å². The molecule has 10 aromatic rings. The molecular formula is C57H39N. The molecule has 0 atom stereocenters. The third-order valence-corrected chi connectivity index (χ3v) is 12.1. The molecule has 0 bridgehead atoms. The van der Waals surface area contributed by atoms with Crippen LogP contribution in [0.3, 0.4) is 0 Å². The highest BCUT2D eigenvalue weighted by molar-refractivity contribution is 6.07. The summed E-state index contributed by atoms with van der Waals surface area (Å²) in [5, 5.41) is 4.94. The second-order valence-corrected chi connectivity index (χ2v) is 15.3. The van der Waals surface area contributed by atoms with Gasteiger partial charge in [0.05, 0.1) is 5.41 Å². The van der Waals surface area contributed by atoms with Gasteiger partial charge in [-0.05, 0) is 120 Å². The van der Waals surface area contributed by atoms with Gasteiger partial charge < -0.3 is 4.90 Å². The third-order valence-electron chi connectivity index (χ3n) is 12.1. The highest BCUT2D eigenvalue weighted by Crippen LogP contribution is 2.61. The van der Waals surface area contributed by atoms with Crippen LogP contribution in [0.25, 0.3) is 54.9 Å². The first kappa shape index (κ1) is 33.8. The van der Waals surface area contributed by atoms with Crippen LogP contribution in [0, 0.1) is 0 Å². The van der Waals surface area contributed by atoms with Crippen LogP contribution < -0.4 is 4.90 Å². The molecule has 0 radical (unpaired) electrons. The lowest BCUT2D eigenvalue weighted by molar-refractivity contribution is 0.775. The van der Waals surface area contributed by atoms with Crippen molar-refractivity contribution >= 4 is 38.6 Å². The number of benzene rings is 10. The lowest BCUT2D eigenvalue weighted by Gasteiger charge is -2.35. The summed E-state index contributed by atoms with van der Waals surface area (Å²) in [5.41, 5.74) is 15.3. The van der Waals surface area contributed by atoms with Crippen molar-refractivity contribution in [1.82, 2.24) is 0 Å². The Morgan fingerprint density at radius 3 is 1.48 bits per heavy atom. The van der Waals surface area contributed by atoms with Gasteiger partial charge in [0.2, 0.25) is 0 Å². The first-order chi connectivity index (χ1) is 28.8. The Balaban J connectivity index is 1.23. The van der Waals surface area contributed by atoms with E-state index in [9.17, 15) is 0 Å². The minimum atomic E-state index is -0.568. The second kappa shape index (κ2) is 13.9. The Labute approximate surface area is 339 Å². The van der Waals surface area contributed by atoms with Crippen molar-refractivity contribution in [2.45, 2.75) is 5.41 Å². The molecule has 0 heterocycles. The molecule has 0 aliphatic heterocycles. The van der Waals surface area contributed by atoms with Gasteiger partial charge in [-0.2, -0.15) is 0 Å². The van der Waals surface area contributed by atoms with E-state index in [1.165, 1.54) is 77.2 Å². The summed E-state index contributed by atoms with van der Waals surface area (Å²) < 4.78 is 0. The number of nitrogens with zero attached hydrogens (tertiary/aromatic N) is 1. The van der Waals surface area contributed by atoms with Crippen LogP contribution in [0.4, 0.5) is 17.1 Å². The van der Waals surface area contributed by atoms with Gasteiger partial charge in [-0.1, -0.05) is 194 Å². The molecule has 11 rings (SSSR count). The van der Waals surface area contributed by atoms with Gasteiger partial charge in [0.25, 0.3) is 0 Å². The molecule has 58 heavy (non-hydrogen) atoms. The molecule has 0 aromatic heterocycles. The van der Waals surface area contributed by atoms with Gasteiger partial charge in [0, 0.05) is 17.1 Å². The summed E-state index contributed by atoms with van der Waals surface area (Å²) in [6, 6.07) is 86.9. The summed E-state index contributed by atoms with van der Waals surface area (Å²) >= 11 is 0. The van der Waals surface area contributed by atoms with E-state index >= 15 is 0 Å². The molecule has 0 N–H and O–H groups in total. The maximum absolute atomic E-state index is 2.46. The highest BCUT2D eigenvalue weighted by atomic mass is 15.1. The summed E-state index contributed by atoms with van der Waals surface area (Å²) in [6.45, 7) is 0. The minimum Gasteiger partial charge on any atom is -0.310 e. The summed E-state index contributed by atoms with van der Waals surface area (Å²) in [7, 11) is 0. The molecule has 1 aliphatic rings. The van der Waals surface area contributed by atoms with E-state index in [0.717, 1.165) is 17.1 Å². The number of hydrogen-bond donors (Lipinski definition) is 0. The summed E-state index contributed by atoms with van der Waals surface area (Å²) in [6.07, 6.45) is 0. The molecule has 0 fully saturated rings. The molecule has 1 aliphatic carbocycles. The average molecular weight is 738 g/mol. The van der Waals surface area contributed by atoms with Gasteiger partial charge in [-0.15, -0.1) is 0 Å². The maximum Gasteiger partial charge on any atom is 0.0719 e. The highest BCUT2D eigenvalue weighted by Gasteiger charge is 2.48. The zero-order valence-electron chi connectivity index (χ0n) is 32.0. The summed E-state index contributed by atoms with van der Waals surface area (Å²) in [4.78, 5) is 2.43. The normalized spacial score (nSPS) is 12.6. The molecule has 1 heteroatoms. The van der Waals surface area contributed by atoms with Crippen molar-refractivity contribution in [3.8, 4) is 33.4 Å². The fourth-order valence-electron chi connectivity index (χ4n) is 9.54. The van der Waals surface area contributed by atoms with E-state index in [2.05, 4.69) is 241 Å². The number of anilines is 3. The zero-order chi connectivity index (χ0) is 38.5. The van der Waals surface area contributed by atoms with Crippen LogP contribution in [-0.4, -0.2) is 0 Å². The quantitative estimate of drug-likeness (QED) is 0.157. The third kappa shape index (κ3) is 5.39. The van der Waals surface area contributed by atoms with Gasteiger partial charge in [-0.3, -0.25) is 0 Å². The topological polar surface area (TPSA) is 3.24 Å². The monoisotopic (exact) mass is 737 g/mol. The van der Waals surface area contributed by atoms with E-state index in [1.54, 1.807) is 0 Å². The predicted molar refractivity (Wildman–Crippen MR) is 244 cm³/mol. The molecule has 0 spiro atoms. The van der Waals surface area contributed by atoms with Crippen molar-refractivity contribution in [3.05, 3.63) is 259 Å². The van der Waals surface area contributed by atoms with Crippen LogP contribution in [0.2, 0.25) is 0 Å². The van der Waals surface area contributed by atoms with Crippen molar-refractivity contribution in [2.24, 2.45) is 0 Å². The lowest BCUT2D eigenvalue weighted by Crippen LogP contribution is -2.29. The molecule has 0 unspecified atom stereocenters. The largest absolute Gasteiger partial charge is 0.310 e. The Kier molecular flexibility index (Phi) is 8.12. The standard InChI is InChI=1S/C57H39N/c1-5-17-40(18-6-1)42-29-32-48(33-30-42)58(49-34-31-41-19-13-14-22-44(41)37-49)50-35-36-54-53(39-50)55-52(43-20-7-2-8-21-43)38-45-23-15-16-28-51(45)56(55)57(54,46-24-9-3-10-25-46)47-26-11-4-12-27-47/h1-39H. The van der Waals surface area contributed by atoms with Gasteiger partial charge in [0.1, 0.15) is 0 Å². The Hall–Kier alpha value is -7.48.